The van der Waals surface area contributed by atoms with E-state index >= 15 is 0 Å². The number of aromatic nitrogens is 2. The van der Waals surface area contributed by atoms with Crippen LogP contribution in [0, 0.1) is 11.6 Å². The maximum Gasteiger partial charge on any atom is 0.246 e. The molecular weight excluding hydrogens is 426 g/mol. The Morgan fingerprint density at radius 2 is 1.70 bits per heavy atom. The monoisotopic (exact) mass is 448 g/mol. The number of nitrogens with one attached hydrogen (secondary N) is 2. The summed E-state index contributed by atoms with van der Waals surface area (Å²) in [4.78, 5) is 29.7. The van der Waals surface area contributed by atoms with E-state index in [1.807, 2.05) is 59.2 Å². The lowest BCUT2D eigenvalue weighted by atomic mass is 10.1. The minimum Gasteiger partial charge on any atom is -0.357 e. The Morgan fingerprint density at radius 3 is 2.42 bits per heavy atom. The molecular formula is C25H22F2N4O2. The molecule has 8 heteroatoms. The standard InChI is InChI=1S/C25H22F2N4O2/c1-28-25(33)24(16-11-12-18(26)19(27)15-16)30-23(32)14-13-22-29-20-9-5-6-10-21(20)31(22)17-7-3-2-4-8-17/h2-12,15,24H,13-14H2,1H3,(H,28,33)(H,30,32). The molecule has 2 N–H and O–H groups in total. The van der Waals surface area contributed by atoms with Crippen LogP contribution in [0.4, 0.5) is 8.78 Å². The molecule has 4 rings (SSSR count). The first-order valence-corrected chi connectivity index (χ1v) is 10.5. The summed E-state index contributed by atoms with van der Waals surface area (Å²) in [7, 11) is 1.41. The number of hydrogen-bond donors (Lipinski definition) is 2. The minimum atomic E-state index is -1.15. The summed E-state index contributed by atoms with van der Waals surface area (Å²) >= 11 is 0. The molecule has 1 heterocycles. The topological polar surface area (TPSA) is 76.0 Å². The van der Waals surface area contributed by atoms with Gasteiger partial charge in [0.1, 0.15) is 11.9 Å². The van der Waals surface area contributed by atoms with Gasteiger partial charge < -0.3 is 10.6 Å². The second kappa shape index (κ2) is 9.60. The Kier molecular flexibility index (Phi) is 6.44. The third-order valence-electron chi connectivity index (χ3n) is 5.31. The smallest absolute Gasteiger partial charge is 0.246 e. The van der Waals surface area contributed by atoms with Crippen molar-refractivity contribution in [2.24, 2.45) is 0 Å². The van der Waals surface area contributed by atoms with Crippen LogP contribution in [0.1, 0.15) is 23.9 Å². The van der Waals surface area contributed by atoms with Crippen LogP contribution in [-0.2, 0) is 16.0 Å². The maximum atomic E-state index is 13.7. The van der Waals surface area contributed by atoms with Gasteiger partial charge in [-0.3, -0.25) is 14.2 Å². The lowest BCUT2D eigenvalue weighted by Gasteiger charge is -2.18. The fraction of sp³-hybridized carbons (Fsp3) is 0.160. The number of amides is 2. The van der Waals surface area contributed by atoms with E-state index in [4.69, 9.17) is 0 Å². The van der Waals surface area contributed by atoms with Crippen LogP contribution in [0.2, 0.25) is 0 Å². The van der Waals surface area contributed by atoms with Gasteiger partial charge in [-0.1, -0.05) is 36.4 Å². The van der Waals surface area contributed by atoms with Crippen LogP contribution in [0.3, 0.4) is 0 Å². The average Bonchev–Trinajstić information content (AvgIpc) is 3.21. The number of halogens is 2. The summed E-state index contributed by atoms with van der Waals surface area (Å²) in [5.74, 6) is -2.37. The molecule has 3 aromatic carbocycles. The highest BCUT2D eigenvalue weighted by Gasteiger charge is 2.23. The van der Waals surface area contributed by atoms with E-state index in [1.165, 1.54) is 13.1 Å². The molecule has 168 valence electrons. The van der Waals surface area contributed by atoms with Crippen molar-refractivity contribution in [1.29, 1.82) is 0 Å². The number of likely N-dealkylation sites (N-methyl/N-ethyl adjacent to an activating group) is 1. The zero-order valence-corrected chi connectivity index (χ0v) is 17.9. The highest BCUT2D eigenvalue weighted by atomic mass is 19.2. The molecule has 33 heavy (non-hydrogen) atoms. The van der Waals surface area contributed by atoms with Crippen molar-refractivity contribution in [3.63, 3.8) is 0 Å². The molecule has 1 atom stereocenters. The number of benzene rings is 3. The van der Waals surface area contributed by atoms with Gasteiger partial charge >= 0.3 is 0 Å². The number of imidazole rings is 1. The van der Waals surface area contributed by atoms with Crippen molar-refractivity contribution >= 4 is 22.8 Å². The van der Waals surface area contributed by atoms with Gasteiger partial charge in [0.15, 0.2) is 11.6 Å². The fourth-order valence-electron chi connectivity index (χ4n) is 3.70. The first kappa shape index (κ1) is 22.1. The van der Waals surface area contributed by atoms with E-state index in [0.717, 1.165) is 28.9 Å². The van der Waals surface area contributed by atoms with Crippen LogP contribution < -0.4 is 10.6 Å². The molecule has 4 aromatic rings. The van der Waals surface area contributed by atoms with Gasteiger partial charge in [-0.05, 0) is 42.0 Å². The molecule has 2 amide bonds. The third kappa shape index (κ3) is 4.74. The SMILES string of the molecule is CNC(=O)C(NC(=O)CCc1nc2ccccc2n1-c1ccccc1)c1ccc(F)c(F)c1. The molecule has 0 fully saturated rings. The summed E-state index contributed by atoms with van der Waals surface area (Å²) < 4.78 is 29.0. The number of hydrogen-bond acceptors (Lipinski definition) is 3. The molecule has 1 aromatic heterocycles. The molecule has 0 spiro atoms. The zero-order chi connectivity index (χ0) is 23.4. The number of carbonyl (C=O) groups excluding carboxylic acids is 2. The highest BCUT2D eigenvalue weighted by molar-refractivity contribution is 5.88. The largest absolute Gasteiger partial charge is 0.357 e. The molecule has 1 unspecified atom stereocenters. The Hall–Kier alpha value is -4.07. The van der Waals surface area contributed by atoms with Crippen LogP contribution in [0.5, 0.6) is 0 Å². The van der Waals surface area contributed by atoms with Crippen LogP contribution >= 0.6 is 0 Å². The molecule has 0 aliphatic rings. The first-order valence-electron chi connectivity index (χ1n) is 10.5. The normalized spacial score (nSPS) is 11.8. The molecule has 0 aliphatic carbocycles. The summed E-state index contributed by atoms with van der Waals surface area (Å²) in [6, 6.07) is 19.3. The zero-order valence-electron chi connectivity index (χ0n) is 17.9. The van der Waals surface area contributed by atoms with Gasteiger partial charge in [0, 0.05) is 25.6 Å². The summed E-state index contributed by atoms with van der Waals surface area (Å²) in [5, 5.41) is 5.06. The van der Waals surface area contributed by atoms with Gasteiger partial charge in [0.05, 0.1) is 11.0 Å². The second-order valence-electron chi connectivity index (χ2n) is 7.48. The Bertz CT molecular complexity index is 1300. The Morgan fingerprint density at radius 1 is 0.970 bits per heavy atom. The third-order valence-corrected chi connectivity index (χ3v) is 5.31. The summed E-state index contributed by atoms with van der Waals surface area (Å²) in [6.07, 6.45) is 0.362. The maximum absolute atomic E-state index is 13.7. The fourth-order valence-corrected chi connectivity index (χ4v) is 3.70. The Labute approximate surface area is 189 Å². The van der Waals surface area contributed by atoms with Crippen molar-refractivity contribution in [1.82, 2.24) is 20.2 Å². The molecule has 0 saturated heterocycles. The number of nitrogens with zero attached hydrogens (tertiary/aromatic N) is 2. The Balaban J connectivity index is 1.56. The van der Waals surface area contributed by atoms with Crippen molar-refractivity contribution < 1.29 is 18.4 Å². The number of aryl methyl sites for hydroxylation is 1. The quantitative estimate of drug-likeness (QED) is 0.451. The number of fused-ring (bicyclic) bond motifs is 1. The number of carbonyl (C=O) groups is 2. The molecule has 0 saturated carbocycles. The molecule has 0 radical (unpaired) electrons. The first-order chi connectivity index (χ1) is 16.0. The molecule has 6 nitrogen and oxygen atoms in total. The highest BCUT2D eigenvalue weighted by Crippen LogP contribution is 2.23. The average molecular weight is 448 g/mol. The van der Waals surface area contributed by atoms with Crippen molar-refractivity contribution in [3.8, 4) is 5.69 Å². The summed E-state index contributed by atoms with van der Waals surface area (Å²) in [5.41, 5.74) is 2.80. The van der Waals surface area contributed by atoms with Crippen LogP contribution in [-0.4, -0.2) is 28.4 Å². The lowest BCUT2D eigenvalue weighted by Crippen LogP contribution is -2.39. The molecule has 0 bridgehead atoms. The summed E-state index contributed by atoms with van der Waals surface area (Å²) in [6.45, 7) is 0. The van der Waals surface area contributed by atoms with E-state index in [-0.39, 0.29) is 12.0 Å². The van der Waals surface area contributed by atoms with Crippen molar-refractivity contribution in [2.45, 2.75) is 18.9 Å². The van der Waals surface area contributed by atoms with Crippen LogP contribution in [0.15, 0.2) is 72.8 Å². The van der Waals surface area contributed by atoms with Crippen molar-refractivity contribution in [3.05, 3.63) is 95.8 Å². The van der Waals surface area contributed by atoms with Gasteiger partial charge in [-0.25, -0.2) is 13.8 Å². The van der Waals surface area contributed by atoms with E-state index in [2.05, 4.69) is 15.6 Å². The minimum absolute atomic E-state index is 0.0489. The predicted octanol–water partition coefficient (Wildman–Crippen LogP) is 3.84. The van der Waals surface area contributed by atoms with Crippen molar-refractivity contribution in [2.75, 3.05) is 7.05 Å². The van der Waals surface area contributed by atoms with Gasteiger partial charge in [-0.15, -0.1) is 0 Å². The molecule has 0 aliphatic heterocycles. The number of rotatable bonds is 7. The second-order valence-corrected chi connectivity index (χ2v) is 7.48. The van der Waals surface area contributed by atoms with Gasteiger partial charge in [0.25, 0.3) is 0 Å². The van der Waals surface area contributed by atoms with E-state index in [1.54, 1.807) is 0 Å². The lowest BCUT2D eigenvalue weighted by molar-refractivity contribution is -0.128. The van der Waals surface area contributed by atoms with Gasteiger partial charge in [-0.2, -0.15) is 0 Å². The van der Waals surface area contributed by atoms with Crippen LogP contribution in [0.25, 0.3) is 16.7 Å². The van der Waals surface area contributed by atoms with Gasteiger partial charge in [0.2, 0.25) is 11.8 Å². The van der Waals surface area contributed by atoms with E-state index in [0.29, 0.717) is 12.2 Å². The van der Waals surface area contributed by atoms with E-state index in [9.17, 15) is 18.4 Å². The number of para-hydroxylation sites is 3. The predicted molar refractivity (Wildman–Crippen MR) is 121 cm³/mol. The van der Waals surface area contributed by atoms with E-state index < -0.39 is 29.5 Å².